The number of halogens is 1. The second kappa shape index (κ2) is 7.46. The number of rotatable bonds is 6. The predicted molar refractivity (Wildman–Crippen MR) is 86.3 cm³/mol. The molecule has 0 bridgehead atoms. The van der Waals surface area contributed by atoms with Crippen molar-refractivity contribution >= 4 is 29.1 Å². The van der Waals surface area contributed by atoms with Crippen LogP contribution >= 0.6 is 11.6 Å². The van der Waals surface area contributed by atoms with Gasteiger partial charge in [0.05, 0.1) is 5.41 Å². The van der Waals surface area contributed by atoms with Crippen LogP contribution in [0.5, 0.6) is 0 Å². The highest BCUT2D eigenvalue weighted by Gasteiger charge is 2.25. The van der Waals surface area contributed by atoms with Crippen LogP contribution in [0.1, 0.15) is 33.3 Å². The molecule has 1 rings (SSSR count). The Balaban J connectivity index is 2.65. The highest BCUT2D eigenvalue weighted by molar-refractivity contribution is 6.19. The van der Waals surface area contributed by atoms with E-state index < -0.39 is 5.41 Å². The molecule has 0 saturated carbocycles. The lowest BCUT2D eigenvalue weighted by Crippen LogP contribution is -2.37. The molecule has 0 fully saturated rings. The summed E-state index contributed by atoms with van der Waals surface area (Å²) in [5.41, 5.74) is 1.07. The van der Waals surface area contributed by atoms with Gasteiger partial charge in [0.1, 0.15) is 0 Å². The SMILES string of the molecule is CC(C)C(=O)Nc1cccc(CNC(=O)C(C)(C)CCl)c1. The summed E-state index contributed by atoms with van der Waals surface area (Å²) < 4.78 is 0. The summed E-state index contributed by atoms with van der Waals surface area (Å²) in [6.07, 6.45) is 0. The van der Waals surface area contributed by atoms with Crippen LogP contribution in [0.15, 0.2) is 24.3 Å². The monoisotopic (exact) mass is 310 g/mol. The first kappa shape index (κ1) is 17.5. The molecule has 0 heterocycles. The van der Waals surface area contributed by atoms with Crippen molar-refractivity contribution in [2.45, 2.75) is 34.2 Å². The van der Waals surface area contributed by atoms with Crippen molar-refractivity contribution in [3.8, 4) is 0 Å². The number of amides is 2. The Morgan fingerprint density at radius 1 is 1.29 bits per heavy atom. The van der Waals surface area contributed by atoms with Crippen molar-refractivity contribution in [3.05, 3.63) is 29.8 Å². The van der Waals surface area contributed by atoms with Gasteiger partial charge in [-0.05, 0) is 31.5 Å². The van der Waals surface area contributed by atoms with Gasteiger partial charge in [0.25, 0.3) is 0 Å². The highest BCUT2D eigenvalue weighted by atomic mass is 35.5. The third-order valence-corrected chi connectivity index (χ3v) is 3.79. The topological polar surface area (TPSA) is 58.2 Å². The lowest BCUT2D eigenvalue weighted by molar-refractivity contribution is -0.128. The molecule has 21 heavy (non-hydrogen) atoms. The van der Waals surface area contributed by atoms with E-state index in [1.54, 1.807) is 13.8 Å². The number of alkyl halides is 1. The van der Waals surface area contributed by atoms with Crippen LogP contribution in [0.25, 0.3) is 0 Å². The van der Waals surface area contributed by atoms with Crippen LogP contribution in [-0.4, -0.2) is 17.7 Å². The van der Waals surface area contributed by atoms with Crippen LogP contribution in [0.3, 0.4) is 0 Å². The van der Waals surface area contributed by atoms with E-state index in [-0.39, 0.29) is 23.6 Å². The standard InChI is InChI=1S/C16H23ClN2O2/c1-11(2)14(20)19-13-7-5-6-12(8-13)9-18-15(21)16(3,4)10-17/h5-8,11H,9-10H2,1-4H3,(H,18,21)(H,19,20). The Hall–Kier alpha value is -1.55. The lowest BCUT2D eigenvalue weighted by atomic mass is 9.95. The van der Waals surface area contributed by atoms with Crippen molar-refractivity contribution in [1.29, 1.82) is 0 Å². The van der Waals surface area contributed by atoms with E-state index in [1.165, 1.54) is 0 Å². The van der Waals surface area contributed by atoms with Crippen LogP contribution in [0.4, 0.5) is 5.69 Å². The van der Waals surface area contributed by atoms with Gasteiger partial charge < -0.3 is 10.6 Å². The zero-order valence-electron chi connectivity index (χ0n) is 13.0. The summed E-state index contributed by atoms with van der Waals surface area (Å²) in [4.78, 5) is 23.6. The number of hydrogen-bond donors (Lipinski definition) is 2. The molecule has 1 aromatic carbocycles. The van der Waals surface area contributed by atoms with Crippen molar-refractivity contribution in [1.82, 2.24) is 5.32 Å². The van der Waals surface area contributed by atoms with Crippen LogP contribution < -0.4 is 10.6 Å². The molecular weight excluding hydrogens is 288 g/mol. The van der Waals surface area contributed by atoms with Gasteiger partial charge in [0.15, 0.2) is 0 Å². The van der Waals surface area contributed by atoms with Crippen molar-refractivity contribution in [3.63, 3.8) is 0 Å². The first-order valence-electron chi connectivity index (χ1n) is 7.00. The van der Waals surface area contributed by atoms with Gasteiger partial charge in [0, 0.05) is 24.0 Å². The molecule has 0 saturated heterocycles. The number of hydrogen-bond acceptors (Lipinski definition) is 2. The molecule has 0 radical (unpaired) electrons. The molecule has 0 spiro atoms. The second-order valence-electron chi connectivity index (χ2n) is 6.04. The number of carbonyl (C=O) groups is 2. The number of benzene rings is 1. The summed E-state index contributed by atoms with van der Waals surface area (Å²) in [7, 11) is 0. The zero-order valence-corrected chi connectivity index (χ0v) is 13.8. The minimum atomic E-state index is -0.592. The van der Waals surface area contributed by atoms with E-state index >= 15 is 0 Å². The maximum absolute atomic E-state index is 12.0. The summed E-state index contributed by atoms with van der Waals surface area (Å²) in [6.45, 7) is 7.69. The Morgan fingerprint density at radius 2 is 1.95 bits per heavy atom. The lowest BCUT2D eigenvalue weighted by Gasteiger charge is -2.20. The minimum absolute atomic E-state index is 0.0283. The quantitative estimate of drug-likeness (QED) is 0.793. The van der Waals surface area contributed by atoms with E-state index in [2.05, 4.69) is 10.6 Å². The van der Waals surface area contributed by atoms with E-state index in [0.717, 1.165) is 11.3 Å². The van der Waals surface area contributed by atoms with Crippen LogP contribution in [0, 0.1) is 11.3 Å². The van der Waals surface area contributed by atoms with E-state index in [9.17, 15) is 9.59 Å². The molecular formula is C16H23ClN2O2. The summed E-state index contributed by atoms with van der Waals surface area (Å²) in [5.74, 6) is 0.0787. The zero-order chi connectivity index (χ0) is 16.0. The van der Waals surface area contributed by atoms with Crippen molar-refractivity contribution in [2.24, 2.45) is 11.3 Å². The molecule has 1 aromatic rings. The maximum Gasteiger partial charge on any atom is 0.227 e. The Morgan fingerprint density at radius 3 is 2.52 bits per heavy atom. The normalized spacial score (nSPS) is 11.3. The summed E-state index contributed by atoms with van der Waals surface area (Å²) in [6, 6.07) is 7.44. The molecule has 0 unspecified atom stereocenters. The van der Waals surface area contributed by atoms with Gasteiger partial charge >= 0.3 is 0 Å². The molecule has 2 N–H and O–H groups in total. The predicted octanol–water partition coefficient (Wildman–Crippen LogP) is 3.16. The average Bonchev–Trinajstić information content (AvgIpc) is 2.44. The molecule has 4 nitrogen and oxygen atoms in total. The van der Waals surface area contributed by atoms with Gasteiger partial charge in [-0.25, -0.2) is 0 Å². The van der Waals surface area contributed by atoms with Gasteiger partial charge in [-0.15, -0.1) is 11.6 Å². The first-order chi connectivity index (χ1) is 9.76. The Kier molecular flexibility index (Phi) is 6.21. The first-order valence-corrected chi connectivity index (χ1v) is 7.54. The van der Waals surface area contributed by atoms with E-state index in [1.807, 2.05) is 38.1 Å². The highest BCUT2D eigenvalue weighted by Crippen LogP contribution is 2.17. The molecule has 0 aliphatic heterocycles. The number of nitrogens with one attached hydrogen (secondary N) is 2. The molecule has 0 aliphatic rings. The molecule has 0 aliphatic carbocycles. The molecule has 0 atom stereocenters. The third-order valence-electron chi connectivity index (χ3n) is 3.12. The van der Waals surface area contributed by atoms with Gasteiger partial charge in [-0.3, -0.25) is 9.59 Å². The Labute approximate surface area is 131 Å². The van der Waals surface area contributed by atoms with Crippen molar-refractivity contribution in [2.75, 3.05) is 11.2 Å². The minimum Gasteiger partial charge on any atom is -0.352 e. The van der Waals surface area contributed by atoms with Crippen molar-refractivity contribution < 1.29 is 9.59 Å². The number of anilines is 1. The van der Waals surface area contributed by atoms with E-state index in [4.69, 9.17) is 11.6 Å². The summed E-state index contributed by atoms with van der Waals surface area (Å²) in [5, 5.41) is 5.70. The fourth-order valence-electron chi connectivity index (χ4n) is 1.53. The van der Waals surface area contributed by atoms with Gasteiger partial charge in [0.2, 0.25) is 11.8 Å². The smallest absolute Gasteiger partial charge is 0.227 e. The third kappa shape index (κ3) is 5.38. The second-order valence-corrected chi connectivity index (χ2v) is 6.31. The van der Waals surface area contributed by atoms with Gasteiger partial charge in [-0.1, -0.05) is 26.0 Å². The fourth-order valence-corrected chi connectivity index (χ4v) is 1.65. The average molecular weight is 311 g/mol. The van der Waals surface area contributed by atoms with Crippen LogP contribution in [0.2, 0.25) is 0 Å². The fraction of sp³-hybridized carbons (Fsp3) is 0.500. The van der Waals surface area contributed by atoms with Crippen LogP contribution in [-0.2, 0) is 16.1 Å². The molecule has 0 aromatic heterocycles. The van der Waals surface area contributed by atoms with Gasteiger partial charge in [-0.2, -0.15) is 0 Å². The maximum atomic E-state index is 12.0. The molecule has 2 amide bonds. The number of carbonyl (C=O) groups excluding carboxylic acids is 2. The summed E-state index contributed by atoms with van der Waals surface area (Å²) >= 11 is 5.77. The molecule has 5 heteroatoms. The largest absolute Gasteiger partial charge is 0.352 e. The Bertz CT molecular complexity index is 513. The van der Waals surface area contributed by atoms with E-state index in [0.29, 0.717) is 6.54 Å². The molecule has 116 valence electrons.